The number of thiophene rings is 1. The minimum atomic E-state index is -0.640. The van der Waals surface area contributed by atoms with Crippen LogP contribution in [0, 0.1) is 11.6 Å². The molecule has 1 aromatic heterocycles. The van der Waals surface area contributed by atoms with Gasteiger partial charge in [-0.3, -0.25) is 0 Å². The van der Waals surface area contributed by atoms with Crippen molar-refractivity contribution in [3.05, 3.63) is 50.1 Å². The lowest BCUT2D eigenvalue weighted by Crippen LogP contribution is -2.09. The molecule has 0 saturated carbocycles. The van der Waals surface area contributed by atoms with Gasteiger partial charge in [-0.1, -0.05) is 29.3 Å². The molecule has 2 aromatic rings. The van der Waals surface area contributed by atoms with E-state index in [4.69, 9.17) is 23.2 Å². The first kappa shape index (κ1) is 13.6. The number of hydrogen-bond acceptors (Lipinski definition) is 2. The number of anilines is 1. The minimum absolute atomic E-state index is 0.164. The van der Waals surface area contributed by atoms with Crippen molar-refractivity contribution >= 4 is 40.2 Å². The van der Waals surface area contributed by atoms with E-state index < -0.39 is 11.6 Å². The molecule has 1 unspecified atom stereocenters. The second kappa shape index (κ2) is 5.43. The SMILES string of the molecule is CC(Nc1c(F)cccc1F)c1cc(Cl)sc1Cl. The molecule has 1 atom stereocenters. The van der Waals surface area contributed by atoms with E-state index in [1.807, 2.05) is 0 Å². The monoisotopic (exact) mass is 307 g/mol. The van der Waals surface area contributed by atoms with Gasteiger partial charge in [0, 0.05) is 5.56 Å². The number of benzene rings is 1. The Bertz CT molecular complexity index is 551. The maximum absolute atomic E-state index is 13.5. The van der Waals surface area contributed by atoms with Crippen LogP contribution in [0.25, 0.3) is 0 Å². The van der Waals surface area contributed by atoms with Crippen molar-refractivity contribution in [3.63, 3.8) is 0 Å². The highest BCUT2D eigenvalue weighted by Gasteiger charge is 2.16. The summed E-state index contributed by atoms with van der Waals surface area (Å²) in [6.45, 7) is 1.76. The van der Waals surface area contributed by atoms with Gasteiger partial charge in [-0.15, -0.1) is 11.3 Å². The van der Waals surface area contributed by atoms with Gasteiger partial charge in [0.1, 0.15) is 17.3 Å². The Morgan fingerprint density at radius 3 is 2.33 bits per heavy atom. The van der Waals surface area contributed by atoms with Gasteiger partial charge in [0.2, 0.25) is 0 Å². The van der Waals surface area contributed by atoms with Crippen LogP contribution in [-0.2, 0) is 0 Å². The van der Waals surface area contributed by atoms with Crippen LogP contribution in [0.1, 0.15) is 18.5 Å². The van der Waals surface area contributed by atoms with Gasteiger partial charge in [0.05, 0.1) is 14.7 Å². The van der Waals surface area contributed by atoms with Crippen LogP contribution in [0.5, 0.6) is 0 Å². The predicted octanol–water partition coefficient (Wildman–Crippen LogP) is 5.51. The average Bonchev–Trinajstić information content (AvgIpc) is 2.63. The first-order valence-corrected chi connectivity index (χ1v) is 6.71. The molecule has 1 nitrogen and oxygen atoms in total. The Morgan fingerprint density at radius 1 is 1.22 bits per heavy atom. The van der Waals surface area contributed by atoms with Crippen LogP contribution in [0.3, 0.4) is 0 Å². The zero-order chi connectivity index (χ0) is 13.3. The topological polar surface area (TPSA) is 12.0 Å². The van der Waals surface area contributed by atoms with Gasteiger partial charge in [0.25, 0.3) is 0 Å². The summed E-state index contributed by atoms with van der Waals surface area (Å²) < 4.78 is 28.0. The Hall–Kier alpha value is -0.840. The Kier molecular flexibility index (Phi) is 4.10. The van der Waals surface area contributed by atoms with E-state index in [2.05, 4.69) is 5.32 Å². The lowest BCUT2D eigenvalue weighted by molar-refractivity contribution is 0.584. The fourth-order valence-electron chi connectivity index (χ4n) is 1.58. The Morgan fingerprint density at radius 2 is 1.83 bits per heavy atom. The molecular formula is C12H9Cl2F2NS. The number of nitrogens with one attached hydrogen (secondary N) is 1. The second-order valence-corrected chi connectivity index (χ2v) is 6.03. The van der Waals surface area contributed by atoms with E-state index in [0.717, 1.165) is 0 Å². The third-order valence-corrected chi connectivity index (χ3v) is 3.99. The molecule has 18 heavy (non-hydrogen) atoms. The first-order valence-electron chi connectivity index (χ1n) is 5.14. The molecule has 0 spiro atoms. The molecule has 0 fully saturated rings. The molecule has 1 heterocycles. The smallest absolute Gasteiger partial charge is 0.149 e. The summed E-state index contributed by atoms with van der Waals surface area (Å²) in [7, 11) is 0. The van der Waals surface area contributed by atoms with Crippen molar-refractivity contribution in [1.82, 2.24) is 0 Å². The molecule has 0 aliphatic rings. The van der Waals surface area contributed by atoms with E-state index in [1.165, 1.54) is 29.5 Å². The van der Waals surface area contributed by atoms with E-state index in [0.29, 0.717) is 14.2 Å². The van der Waals surface area contributed by atoms with Crippen LogP contribution < -0.4 is 5.32 Å². The quantitative estimate of drug-likeness (QED) is 0.788. The molecule has 0 bridgehead atoms. The van der Waals surface area contributed by atoms with Crippen LogP contribution in [0.2, 0.25) is 8.67 Å². The highest BCUT2D eigenvalue weighted by Crippen LogP contribution is 2.36. The average molecular weight is 308 g/mol. The lowest BCUT2D eigenvalue weighted by Gasteiger charge is -2.15. The maximum atomic E-state index is 13.5. The van der Waals surface area contributed by atoms with Gasteiger partial charge < -0.3 is 5.32 Å². The summed E-state index contributed by atoms with van der Waals surface area (Å²) >= 11 is 13.0. The maximum Gasteiger partial charge on any atom is 0.149 e. The van der Waals surface area contributed by atoms with Crippen molar-refractivity contribution in [2.45, 2.75) is 13.0 Å². The van der Waals surface area contributed by atoms with Crippen LogP contribution in [0.4, 0.5) is 14.5 Å². The summed E-state index contributed by atoms with van der Waals surface area (Å²) in [5.74, 6) is -1.28. The van der Waals surface area contributed by atoms with E-state index in [-0.39, 0.29) is 11.7 Å². The van der Waals surface area contributed by atoms with E-state index >= 15 is 0 Å². The molecule has 0 aliphatic carbocycles. The van der Waals surface area contributed by atoms with Crippen molar-refractivity contribution < 1.29 is 8.78 Å². The van der Waals surface area contributed by atoms with Gasteiger partial charge >= 0.3 is 0 Å². The summed E-state index contributed by atoms with van der Waals surface area (Å²) in [5.41, 5.74) is 0.553. The molecule has 1 N–H and O–H groups in total. The van der Waals surface area contributed by atoms with Crippen LogP contribution >= 0.6 is 34.5 Å². The van der Waals surface area contributed by atoms with Crippen molar-refractivity contribution in [1.29, 1.82) is 0 Å². The number of halogens is 4. The Labute approximate surface area is 117 Å². The molecule has 0 radical (unpaired) electrons. The molecule has 0 saturated heterocycles. The lowest BCUT2D eigenvalue weighted by atomic mass is 10.1. The fourth-order valence-corrected chi connectivity index (χ4v) is 3.22. The number of rotatable bonds is 3. The van der Waals surface area contributed by atoms with Gasteiger partial charge in [0.15, 0.2) is 0 Å². The third-order valence-electron chi connectivity index (χ3n) is 2.47. The van der Waals surface area contributed by atoms with Crippen molar-refractivity contribution in [3.8, 4) is 0 Å². The predicted molar refractivity (Wildman–Crippen MR) is 72.7 cm³/mol. The highest BCUT2D eigenvalue weighted by molar-refractivity contribution is 7.20. The summed E-state index contributed by atoms with van der Waals surface area (Å²) in [6, 6.07) is 5.05. The molecular weight excluding hydrogens is 299 g/mol. The summed E-state index contributed by atoms with van der Waals surface area (Å²) in [4.78, 5) is 0. The Balaban J connectivity index is 2.26. The van der Waals surface area contributed by atoms with E-state index in [1.54, 1.807) is 13.0 Å². The highest BCUT2D eigenvalue weighted by atomic mass is 35.5. The first-order chi connectivity index (χ1) is 8.49. The van der Waals surface area contributed by atoms with Gasteiger partial charge in [-0.2, -0.15) is 0 Å². The largest absolute Gasteiger partial charge is 0.374 e. The normalized spacial score (nSPS) is 12.5. The van der Waals surface area contributed by atoms with Crippen LogP contribution in [0.15, 0.2) is 24.3 Å². The van der Waals surface area contributed by atoms with Crippen molar-refractivity contribution in [2.24, 2.45) is 0 Å². The third kappa shape index (κ3) is 2.76. The standard InChI is InChI=1S/C12H9Cl2F2NS/c1-6(7-5-10(13)18-12(7)14)17-11-8(15)3-2-4-9(11)16/h2-6,17H,1H3. The van der Waals surface area contributed by atoms with Crippen molar-refractivity contribution in [2.75, 3.05) is 5.32 Å². The fraction of sp³-hybridized carbons (Fsp3) is 0.167. The van der Waals surface area contributed by atoms with E-state index in [9.17, 15) is 8.78 Å². The second-order valence-electron chi connectivity index (χ2n) is 3.74. The zero-order valence-corrected chi connectivity index (χ0v) is 11.6. The molecule has 96 valence electrons. The van der Waals surface area contributed by atoms with Crippen LogP contribution in [-0.4, -0.2) is 0 Å². The molecule has 0 aliphatic heterocycles. The minimum Gasteiger partial charge on any atom is -0.374 e. The molecule has 6 heteroatoms. The molecule has 2 rings (SSSR count). The number of hydrogen-bond donors (Lipinski definition) is 1. The van der Waals surface area contributed by atoms with Gasteiger partial charge in [-0.25, -0.2) is 8.78 Å². The summed E-state index contributed by atoms with van der Waals surface area (Å²) in [5, 5.41) is 2.76. The van der Waals surface area contributed by atoms with Gasteiger partial charge in [-0.05, 0) is 25.1 Å². The molecule has 1 aromatic carbocycles. The zero-order valence-electron chi connectivity index (χ0n) is 9.31. The summed E-state index contributed by atoms with van der Waals surface area (Å²) in [6.07, 6.45) is 0. The number of para-hydroxylation sites is 1. The molecule has 0 amide bonds.